The smallest absolute Gasteiger partial charge is 0.691 e. The molecule has 8 rings (SSSR count). The van der Waals surface area contributed by atoms with E-state index in [9.17, 15) is 79.4 Å². The van der Waals surface area contributed by atoms with Crippen molar-refractivity contribution in [3.8, 4) is 49.5 Å². The van der Waals surface area contributed by atoms with Crippen LogP contribution in [-0.4, -0.2) is 216 Å². The molecule has 0 radical (unpaired) electrons. The van der Waals surface area contributed by atoms with Crippen LogP contribution in [0.3, 0.4) is 0 Å². The van der Waals surface area contributed by atoms with E-state index >= 15 is 0 Å². The second-order valence-corrected chi connectivity index (χ2v) is 24.3. The van der Waals surface area contributed by atoms with E-state index in [0.717, 1.165) is 64.1 Å². The molecule has 3 fully saturated rings. The zero-order valence-corrected chi connectivity index (χ0v) is 55.6. The SMILES string of the molecule is COCCCCOc1ccc(-c2ccc(-c3nnc(-c4ccc(C(=O)NC5CC(O)CNC(=O)C6C(O)C(C)CN6C(=O)C(C(O)CC(N)=O)NC(=O)C(C(O)Cc6ccc(O)c(OSOO[O-])c6)NC(=O)C6CC(O)CN6C(=O)C(C(C)O)NC5=O)cc4)s3)cc2)cc1.[Na+]. The van der Waals surface area contributed by atoms with Gasteiger partial charge in [0.15, 0.2) is 11.5 Å². The zero-order chi connectivity index (χ0) is 67.9. The van der Waals surface area contributed by atoms with Gasteiger partial charge in [-0.25, -0.2) is 0 Å². The molecule has 0 aliphatic carbocycles. The number of ether oxygens (including phenoxy) is 2. The van der Waals surface area contributed by atoms with Crippen LogP contribution >= 0.6 is 23.7 Å². The summed E-state index contributed by atoms with van der Waals surface area (Å²) in [7, 11) is 1.66. The summed E-state index contributed by atoms with van der Waals surface area (Å²) >= 11 is 1.28. The van der Waals surface area contributed by atoms with E-state index < -0.39 is 177 Å². The van der Waals surface area contributed by atoms with Crippen LogP contribution in [0.4, 0.5) is 0 Å². The number of aromatic nitrogens is 2. The Morgan fingerprint density at radius 1 is 0.747 bits per heavy atom. The Morgan fingerprint density at radius 2 is 1.35 bits per heavy atom. The Morgan fingerprint density at radius 3 is 1.98 bits per heavy atom. The Kier molecular flexibility index (Phi) is 27.6. The van der Waals surface area contributed by atoms with Crippen LogP contribution in [0.5, 0.6) is 17.2 Å². The van der Waals surface area contributed by atoms with Crippen molar-refractivity contribution < 1.29 is 132 Å². The number of aromatic hydroxyl groups is 1. The molecule has 8 amide bonds. The number of carbonyl (C=O) groups excluding carboxylic acids is 8. The van der Waals surface area contributed by atoms with Gasteiger partial charge in [-0.15, -0.1) is 14.5 Å². The molecule has 3 aliphatic heterocycles. The molecular formula is C61H73N10NaO21S2. The Bertz CT molecular complexity index is 3470. The number of amides is 8. The molecule has 4 heterocycles. The maximum Gasteiger partial charge on any atom is 1.00 e. The average Bonchev–Trinajstić information content (AvgIpc) is 1.69. The molecule has 95 heavy (non-hydrogen) atoms. The monoisotopic (exact) mass is 1370 g/mol. The van der Waals surface area contributed by atoms with E-state index in [-0.39, 0.29) is 58.8 Å². The number of nitrogens with zero attached hydrogens (tertiary/aromatic N) is 4. The molecule has 31 nitrogen and oxygen atoms in total. The van der Waals surface area contributed by atoms with Crippen LogP contribution < -0.4 is 76.1 Å². The first-order valence-electron chi connectivity index (χ1n) is 29.8. The quantitative estimate of drug-likeness (QED) is 0.0101. The van der Waals surface area contributed by atoms with Gasteiger partial charge in [-0.3, -0.25) is 43.4 Å². The normalized spacial score (nSPS) is 24.1. The minimum Gasteiger partial charge on any atom is -0.691 e. The first-order chi connectivity index (χ1) is 44.9. The fourth-order valence-electron chi connectivity index (χ4n) is 11.0. The Balaban J connectivity index is 0.0000128. The fraction of sp³-hybridized carbons (Fsp3) is 0.443. The summed E-state index contributed by atoms with van der Waals surface area (Å²) < 4.78 is 20.1. The number of methoxy groups -OCH3 is 1. The van der Waals surface area contributed by atoms with Gasteiger partial charge in [0.25, 0.3) is 18.2 Å². The van der Waals surface area contributed by atoms with Gasteiger partial charge >= 0.3 is 29.6 Å². The van der Waals surface area contributed by atoms with Gasteiger partial charge in [0.2, 0.25) is 41.4 Å². The van der Waals surface area contributed by atoms with Crippen LogP contribution in [-0.2, 0) is 54.1 Å². The number of nitrogens with one attached hydrogen (secondary N) is 5. The summed E-state index contributed by atoms with van der Waals surface area (Å²) in [6.45, 7) is 2.09. The first kappa shape index (κ1) is 74.9. The third-order valence-corrected chi connectivity index (χ3v) is 17.3. The number of hydrogen-bond donors (Lipinski definition) is 13. The van der Waals surface area contributed by atoms with E-state index in [0.29, 0.717) is 28.8 Å². The van der Waals surface area contributed by atoms with Crippen molar-refractivity contribution in [3.63, 3.8) is 0 Å². The third-order valence-electron chi connectivity index (χ3n) is 16.0. The van der Waals surface area contributed by atoms with Crippen LogP contribution in [0, 0.1) is 5.92 Å². The molecule has 3 saturated heterocycles. The van der Waals surface area contributed by atoms with Crippen molar-refractivity contribution >= 4 is 70.9 Å². The number of carbonyl (C=O) groups is 8. The molecular weight excluding hydrogens is 1300 g/mol. The van der Waals surface area contributed by atoms with E-state index in [1.165, 1.54) is 36.5 Å². The van der Waals surface area contributed by atoms with Crippen LogP contribution in [0.1, 0.15) is 61.9 Å². The Hall–Kier alpha value is -7.45. The van der Waals surface area contributed by atoms with Gasteiger partial charge < -0.3 is 96.8 Å². The largest absolute Gasteiger partial charge is 1.00 e. The van der Waals surface area contributed by atoms with Crippen molar-refractivity contribution in [1.29, 1.82) is 0 Å². The van der Waals surface area contributed by atoms with Crippen molar-refractivity contribution in [3.05, 3.63) is 102 Å². The maximum atomic E-state index is 14.7. The second kappa shape index (κ2) is 35.0. The number of aliphatic hydroxyl groups excluding tert-OH is 6. The van der Waals surface area contributed by atoms with Crippen LogP contribution in [0.2, 0.25) is 0 Å². The van der Waals surface area contributed by atoms with E-state index in [1.807, 2.05) is 48.5 Å². The molecule has 14 N–H and O–H groups in total. The number of aliphatic hydroxyl groups is 6. The topological polar surface area (TPSA) is 466 Å². The third kappa shape index (κ3) is 19.6. The van der Waals surface area contributed by atoms with Crippen molar-refractivity contribution in [2.24, 2.45) is 11.7 Å². The Labute approximate surface area is 574 Å². The maximum absolute atomic E-state index is 14.7. The number of nitrogens with two attached hydrogens (primary N) is 1. The molecule has 34 heteroatoms. The molecule has 1 aromatic heterocycles. The van der Waals surface area contributed by atoms with Gasteiger partial charge in [0.05, 0.1) is 49.7 Å². The molecule has 0 saturated carbocycles. The minimum atomic E-state index is -2.23. The average molecular weight is 1370 g/mol. The fourth-order valence-corrected chi connectivity index (χ4v) is 12.1. The summed E-state index contributed by atoms with van der Waals surface area (Å²) in [5.74, 6) is -10.5. The number of phenols is 1. The number of rotatable bonds is 22. The molecule has 0 bridgehead atoms. The van der Waals surface area contributed by atoms with E-state index in [1.54, 1.807) is 19.2 Å². The molecule has 3 aliphatic rings. The molecule has 506 valence electrons. The van der Waals surface area contributed by atoms with Crippen LogP contribution in [0.25, 0.3) is 32.3 Å². The summed E-state index contributed by atoms with van der Waals surface area (Å²) in [4.78, 5) is 115. The van der Waals surface area contributed by atoms with Crippen molar-refractivity contribution in [2.75, 3.05) is 40.0 Å². The van der Waals surface area contributed by atoms with E-state index in [4.69, 9.17) is 19.4 Å². The molecule has 5 aromatic rings. The van der Waals surface area contributed by atoms with E-state index in [2.05, 4.69) is 46.2 Å². The number of β-amino-alcohol motifs (C(OH)–C–C–N with tert-alkyl or cyclic N) is 1. The van der Waals surface area contributed by atoms with Crippen molar-refractivity contribution in [1.82, 2.24) is 46.6 Å². The minimum absolute atomic E-state index is 0. The van der Waals surface area contributed by atoms with Crippen LogP contribution in [0.15, 0.2) is 91.0 Å². The van der Waals surface area contributed by atoms with Gasteiger partial charge in [0.1, 0.15) is 52.0 Å². The van der Waals surface area contributed by atoms with Gasteiger partial charge in [-0.2, -0.15) is 0 Å². The number of phenolic OH excluding ortho intramolecular Hbond substituents is 1. The standard InChI is InChI=1S/C61H74N10O21S2.Na/c1-30-28-71-51(52(30)79)57(84)63-27-38(73)24-41(64-53(80)35-9-13-37(14-10-35)59-69-68-58(93-59)36-11-7-33(8-12-36)34-15-17-40(18-16-34)89-21-5-4-20-88-3)54(81)65-48(31(2)72)60(85)70-29-39(74)25-42(70)55(82)66-49(56(83)67-50(61(71)86)45(77)26-47(62)78)44(76)22-32-6-19-43(75)46(23-32)90-94-92-91-87;/h6-19,23,30-31,38-39,41-42,44-45,48-52,72-77,79,87H,4-5,20-22,24-29H2,1-3H3,(H2,62,78)(H,63,84)(H,64,80)(H,65,81)(H,66,82)(H,67,83);/q;+1/p-1. The van der Waals surface area contributed by atoms with Gasteiger partial charge in [-0.1, -0.05) is 72.9 Å². The number of fused-ring (bicyclic) bond motifs is 2. The second-order valence-electron chi connectivity index (χ2n) is 22.9. The van der Waals surface area contributed by atoms with Crippen molar-refractivity contribution in [2.45, 2.75) is 125 Å². The van der Waals surface area contributed by atoms with Gasteiger partial charge in [0, 0.05) is 75.2 Å². The molecule has 13 atom stereocenters. The number of benzene rings is 4. The summed E-state index contributed by atoms with van der Waals surface area (Å²) in [6, 6.07) is 13.3. The zero-order valence-electron chi connectivity index (χ0n) is 52.0. The number of hydrogen-bond acceptors (Lipinski definition) is 25. The molecule has 4 aromatic carbocycles. The summed E-state index contributed by atoms with van der Waals surface area (Å²) in [5, 5.41) is 114. The first-order valence-corrected chi connectivity index (χ1v) is 31.3. The number of primary amides is 1. The molecule has 13 unspecified atom stereocenters. The summed E-state index contributed by atoms with van der Waals surface area (Å²) in [5.41, 5.74) is 8.80. The predicted molar refractivity (Wildman–Crippen MR) is 330 cm³/mol. The van der Waals surface area contributed by atoms with Gasteiger partial charge in [-0.05, 0) is 72.9 Å². The number of unbranched alkanes of at least 4 members (excludes halogenated alkanes) is 1. The predicted octanol–water partition coefficient (Wildman–Crippen LogP) is -4.96. The summed E-state index contributed by atoms with van der Waals surface area (Å²) in [6.07, 6.45) is -11.9. The molecule has 0 spiro atoms.